The van der Waals surface area contributed by atoms with Gasteiger partial charge in [0, 0.05) is 42.5 Å². The maximum Gasteiger partial charge on any atom is 0.339 e. The summed E-state index contributed by atoms with van der Waals surface area (Å²) in [5.74, 6) is -0.487. The number of carbonyl (C=O) groups is 1. The van der Waals surface area contributed by atoms with E-state index in [0.29, 0.717) is 28.9 Å². The number of rotatable bonds is 8. The molecule has 1 unspecified atom stereocenters. The molecular formula is C25H22Cl2N6O4. The molecular weight excluding hydrogens is 519 g/mol. The van der Waals surface area contributed by atoms with Crippen LogP contribution in [0.25, 0.3) is 22.4 Å². The normalized spacial score (nSPS) is 11.6. The summed E-state index contributed by atoms with van der Waals surface area (Å²) in [6, 6.07) is 10.6. The molecule has 3 heterocycles. The van der Waals surface area contributed by atoms with Gasteiger partial charge in [0.15, 0.2) is 0 Å². The monoisotopic (exact) mass is 540 g/mol. The highest BCUT2D eigenvalue weighted by Crippen LogP contribution is 2.29. The second kappa shape index (κ2) is 11.4. The number of nitrogens with one attached hydrogen (secondary N) is 2. The first-order valence-electron chi connectivity index (χ1n) is 11.1. The van der Waals surface area contributed by atoms with Crippen LogP contribution < -0.4 is 16.2 Å². The van der Waals surface area contributed by atoms with Gasteiger partial charge < -0.3 is 20.5 Å². The molecule has 0 saturated heterocycles. The molecule has 1 atom stereocenters. The van der Waals surface area contributed by atoms with Crippen LogP contribution in [0.1, 0.15) is 17.3 Å². The minimum atomic E-state index is -1.40. The number of aliphatic hydroxyl groups is 1. The van der Waals surface area contributed by atoms with Crippen molar-refractivity contribution in [2.45, 2.75) is 19.8 Å². The van der Waals surface area contributed by atoms with Crippen LogP contribution in [-0.2, 0) is 11.3 Å². The lowest BCUT2D eigenvalue weighted by molar-refractivity contribution is 0.0600. The molecule has 0 radical (unpaired) electrons. The number of anilines is 2. The molecule has 12 heteroatoms. The summed E-state index contributed by atoms with van der Waals surface area (Å²) < 4.78 is 6.06. The molecule has 0 fully saturated rings. The molecule has 1 aromatic carbocycles. The lowest BCUT2D eigenvalue weighted by Crippen LogP contribution is -2.34. The molecule has 0 saturated carbocycles. The highest BCUT2D eigenvalue weighted by atomic mass is 35.5. The van der Waals surface area contributed by atoms with Gasteiger partial charge in [-0.3, -0.25) is 14.8 Å². The van der Waals surface area contributed by atoms with Gasteiger partial charge in [-0.1, -0.05) is 41.4 Å². The van der Waals surface area contributed by atoms with Crippen molar-refractivity contribution in [3.63, 3.8) is 0 Å². The number of pyridine rings is 2. The van der Waals surface area contributed by atoms with Gasteiger partial charge in [-0.2, -0.15) is 5.10 Å². The van der Waals surface area contributed by atoms with E-state index < -0.39 is 17.9 Å². The molecule has 0 bridgehead atoms. The lowest BCUT2D eigenvalue weighted by Gasteiger charge is -2.19. The summed E-state index contributed by atoms with van der Waals surface area (Å²) in [7, 11) is 1.31. The van der Waals surface area contributed by atoms with E-state index in [4.69, 9.17) is 27.9 Å². The van der Waals surface area contributed by atoms with Gasteiger partial charge in [0.05, 0.1) is 34.1 Å². The fraction of sp³-hybridized carbons (Fsp3) is 0.160. The molecule has 4 aromatic rings. The lowest BCUT2D eigenvalue weighted by atomic mass is 10.0. The van der Waals surface area contributed by atoms with E-state index in [1.165, 1.54) is 36.4 Å². The van der Waals surface area contributed by atoms with Crippen molar-refractivity contribution in [2.75, 3.05) is 17.7 Å². The molecule has 0 aliphatic carbocycles. The van der Waals surface area contributed by atoms with Crippen molar-refractivity contribution in [2.24, 2.45) is 0 Å². The van der Waals surface area contributed by atoms with Gasteiger partial charge in [-0.05, 0) is 30.7 Å². The zero-order chi connectivity index (χ0) is 26.5. The van der Waals surface area contributed by atoms with Crippen LogP contribution in [0.2, 0.25) is 10.0 Å². The van der Waals surface area contributed by atoms with E-state index in [9.17, 15) is 14.7 Å². The maximum atomic E-state index is 12.9. The van der Waals surface area contributed by atoms with Gasteiger partial charge in [0.2, 0.25) is 6.35 Å². The van der Waals surface area contributed by atoms with E-state index in [-0.39, 0.29) is 21.4 Å². The largest absolute Gasteiger partial charge is 0.465 e. The average Bonchev–Trinajstić information content (AvgIpc) is 2.91. The Morgan fingerprint density at radius 3 is 2.43 bits per heavy atom. The van der Waals surface area contributed by atoms with Gasteiger partial charge >= 0.3 is 5.97 Å². The zero-order valence-corrected chi connectivity index (χ0v) is 21.3. The summed E-state index contributed by atoms with van der Waals surface area (Å²) in [4.78, 5) is 32.8. The molecule has 0 aliphatic rings. The summed E-state index contributed by atoms with van der Waals surface area (Å²) in [6.45, 7) is 2.09. The van der Waals surface area contributed by atoms with E-state index in [1.54, 1.807) is 19.2 Å². The van der Waals surface area contributed by atoms with Crippen LogP contribution in [0.4, 0.5) is 11.4 Å². The van der Waals surface area contributed by atoms with Crippen molar-refractivity contribution in [1.29, 1.82) is 0 Å². The minimum absolute atomic E-state index is 0.105. The number of benzene rings is 1. The predicted molar refractivity (Wildman–Crippen MR) is 142 cm³/mol. The Bertz CT molecular complexity index is 1490. The highest BCUT2D eigenvalue weighted by Gasteiger charge is 2.16. The fourth-order valence-corrected chi connectivity index (χ4v) is 4.03. The van der Waals surface area contributed by atoms with Gasteiger partial charge in [0.1, 0.15) is 5.69 Å². The van der Waals surface area contributed by atoms with Crippen molar-refractivity contribution in [1.82, 2.24) is 19.7 Å². The predicted octanol–water partition coefficient (Wildman–Crippen LogP) is 4.28. The van der Waals surface area contributed by atoms with E-state index in [1.807, 2.05) is 24.3 Å². The van der Waals surface area contributed by atoms with Gasteiger partial charge in [-0.15, -0.1) is 0 Å². The smallest absolute Gasteiger partial charge is 0.339 e. The SMILES string of the molecule is CCn1nc(-c2cccc(-c3cncc(C(=O)OC)c3)c2)cc(NC(O)Nc2c(Cl)cncc2Cl)c1=O. The second-order valence-corrected chi connectivity index (χ2v) is 8.58. The molecule has 37 heavy (non-hydrogen) atoms. The van der Waals surface area contributed by atoms with Gasteiger partial charge in [-0.25, -0.2) is 9.48 Å². The Morgan fingerprint density at radius 2 is 1.73 bits per heavy atom. The third-order valence-corrected chi connectivity index (χ3v) is 5.92. The molecule has 3 aromatic heterocycles. The Hall–Kier alpha value is -3.99. The Morgan fingerprint density at radius 1 is 1.03 bits per heavy atom. The first kappa shape index (κ1) is 26.1. The minimum Gasteiger partial charge on any atom is -0.465 e. The highest BCUT2D eigenvalue weighted by molar-refractivity contribution is 6.38. The Kier molecular flexibility index (Phi) is 8.02. The molecule has 4 rings (SSSR count). The number of aliphatic hydroxyl groups excluding tert-OH is 1. The fourth-order valence-electron chi connectivity index (χ4n) is 3.56. The van der Waals surface area contributed by atoms with Crippen LogP contribution in [0.5, 0.6) is 0 Å². The third-order valence-electron chi connectivity index (χ3n) is 5.35. The number of hydrogen-bond donors (Lipinski definition) is 3. The number of ether oxygens (including phenoxy) is 1. The van der Waals surface area contributed by atoms with E-state index >= 15 is 0 Å². The molecule has 10 nitrogen and oxygen atoms in total. The number of aryl methyl sites for hydroxylation is 1. The molecule has 0 spiro atoms. The molecule has 0 aliphatic heterocycles. The molecule has 3 N–H and O–H groups in total. The number of nitrogens with zero attached hydrogens (tertiary/aromatic N) is 4. The van der Waals surface area contributed by atoms with E-state index in [2.05, 4.69) is 25.7 Å². The second-order valence-electron chi connectivity index (χ2n) is 7.77. The quantitative estimate of drug-likeness (QED) is 0.221. The van der Waals surface area contributed by atoms with Crippen molar-refractivity contribution < 1.29 is 14.6 Å². The molecule has 190 valence electrons. The standard InChI is InChI=1S/C25H22Cl2N6O4/c1-3-33-23(34)21(30-25(36)31-22-18(26)12-29-13-19(22)27)9-20(32-33)15-6-4-5-14(7-15)16-8-17(11-28-10-16)24(35)37-2/h4-13,25,30,36H,3H2,1-2H3,(H,29,31). The van der Waals surface area contributed by atoms with Crippen LogP contribution in [0.3, 0.4) is 0 Å². The van der Waals surface area contributed by atoms with E-state index in [0.717, 1.165) is 5.56 Å². The van der Waals surface area contributed by atoms with Crippen LogP contribution >= 0.6 is 23.2 Å². The average molecular weight is 541 g/mol. The maximum absolute atomic E-state index is 12.9. The third kappa shape index (κ3) is 5.88. The molecule has 0 amide bonds. The number of hydrogen-bond acceptors (Lipinski definition) is 9. The number of carbonyl (C=O) groups excluding carboxylic acids is 1. The summed E-state index contributed by atoms with van der Waals surface area (Å²) in [6.07, 6.45) is 4.42. The van der Waals surface area contributed by atoms with Crippen LogP contribution in [0, 0.1) is 0 Å². The summed E-state index contributed by atoms with van der Waals surface area (Å²) in [5, 5.41) is 20.9. The first-order chi connectivity index (χ1) is 17.8. The van der Waals surface area contributed by atoms with Crippen molar-refractivity contribution in [3.8, 4) is 22.4 Å². The Balaban J connectivity index is 1.67. The number of esters is 1. The Labute approximate surface area is 221 Å². The van der Waals surface area contributed by atoms with Gasteiger partial charge in [0.25, 0.3) is 5.56 Å². The van der Waals surface area contributed by atoms with Crippen molar-refractivity contribution >= 4 is 40.5 Å². The zero-order valence-electron chi connectivity index (χ0n) is 19.8. The number of aromatic nitrogens is 4. The van der Waals surface area contributed by atoms with Crippen LogP contribution in [0.15, 0.2) is 66.0 Å². The summed E-state index contributed by atoms with van der Waals surface area (Å²) in [5.41, 5.74) is 2.94. The number of halogens is 2. The van der Waals surface area contributed by atoms with Crippen molar-refractivity contribution in [3.05, 3.63) is 87.1 Å². The summed E-state index contributed by atoms with van der Waals surface area (Å²) >= 11 is 12.2. The topological polar surface area (TPSA) is 131 Å². The number of methoxy groups -OCH3 is 1. The van der Waals surface area contributed by atoms with Crippen LogP contribution in [-0.4, -0.2) is 44.3 Å². The first-order valence-corrected chi connectivity index (χ1v) is 11.8.